The fourth-order valence-electron chi connectivity index (χ4n) is 2.89. The normalized spacial score (nSPS) is 20.0. The SMILES string of the molecule is NS(=O)(=O)c1ccc(NCC2(C3CC3)CC2)c(C(=O)O)c1. The van der Waals surface area contributed by atoms with Crippen LogP contribution in [0, 0.1) is 11.3 Å². The third-order valence-corrected chi connectivity index (χ3v) is 5.43. The van der Waals surface area contributed by atoms with Crippen LogP contribution in [0.1, 0.15) is 36.0 Å². The summed E-state index contributed by atoms with van der Waals surface area (Å²) in [6.07, 6.45) is 4.89. The molecule has 2 aliphatic carbocycles. The molecule has 0 radical (unpaired) electrons. The number of carbonyl (C=O) groups is 1. The van der Waals surface area contributed by atoms with Crippen LogP contribution in [0.4, 0.5) is 5.69 Å². The fraction of sp³-hybridized carbons (Fsp3) is 0.500. The van der Waals surface area contributed by atoms with Gasteiger partial charge in [0.25, 0.3) is 0 Å². The highest BCUT2D eigenvalue weighted by Gasteiger charge is 2.53. The summed E-state index contributed by atoms with van der Waals surface area (Å²) in [7, 11) is -3.90. The van der Waals surface area contributed by atoms with Gasteiger partial charge in [0.1, 0.15) is 0 Å². The maximum Gasteiger partial charge on any atom is 0.337 e. The van der Waals surface area contributed by atoms with Crippen LogP contribution in [0.15, 0.2) is 23.1 Å². The maximum atomic E-state index is 11.3. The maximum absolute atomic E-state index is 11.3. The van der Waals surface area contributed by atoms with Crippen molar-refractivity contribution in [1.29, 1.82) is 0 Å². The lowest BCUT2D eigenvalue weighted by molar-refractivity contribution is 0.0697. The lowest BCUT2D eigenvalue weighted by Gasteiger charge is -2.17. The number of nitrogens with two attached hydrogens (primary N) is 1. The molecule has 4 N–H and O–H groups in total. The van der Waals surface area contributed by atoms with Crippen molar-refractivity contribution in [2.75, 3.05) is 11.9 Å². The molecule has 21 heavy (non-hydrogen) atoms. The predicted octanol–water partition coefficient (Wildman–Crippen LogP) is 1.63. The zero-order valence-electron chi connectivity index (χ0n) is 11.5. The van der Waals surface area contributed by atoms with E-state index < -0.39 is 16.0 Å². The topological polar surface area (TPSA) is 109 Å². The van der Waals surface area contributed by atoms with E-state index in [2.05, 4.69) is 5.32 Å². The van der Waals surface area contributed by atoms with Crippen LogP contribution in [-0.2, 0) is 10.0 Å². The molecule has 2 saturated carbocycles. The molecule has 6 nitrogen and oxygen atoms in total. The van der Waals surface area contributed by atoms with Crippen molar-refractivity contribution in [3.05, 3.63) is 23.8 Å². The van der Waals surface area contributed by atoms with Gasteiger partial charge >= 0.3 is 5.97 Å². The van der Waals surface area contributed by atoms with E-state index in [0.717, 1.165) is 18.5 Å². The molecule has 7 heteroatoms. The average molecular weight is 310 g/mol. The number of carboxylic acid groups (broad SMARTS) is 1. The Hall–Kier alpha value is -1.60. The Morgan fingerprint density at radius 3 is 2.52 bits per heavy atom. The summed E-state index contributed by atoms with van der Waals surface area (Å²) in [6.45, 7) is 0.743. The van der Waals surface area contributed by atoms with Gasteiger partial charge in [0.15, 0.2) is 0 Å². The van der Waals surface area contributed by atoms with Crippen LogP contribution >= 0.6 is 0 Å². The lowest BCUT2D eigenvalue weighted by atomic mass is 10.0. The van der Waals surface area contributed by atoms with Crippen molar-refractivity contribution in [3.8, 4) is 0 Å². The van der Waals surface area contributed by atoms with E-state index in [4.69, 9.17) is 5.14 Å². The minimum atomic E-state index is -3.90. The van der Waals surface area contributed by atoms with E-state index >= 15 is 0 Å². The van der Waals surface area contributed by atoms with Gasteiger partial charge in [-0.2, -0.15) is 0 Å². The molecule has 0 aliphatic heterocycles. The first-order valence-electron chi connectivity index (χ1n) is 6.96. The Kier molecular flexibility index (Phi) is 3.22. The van der Waals surface area contributed by atoms with Gasteiger partial charge in [-0.1, -0.05) is 0 Å². The smallest absolute Gasteiger partial charge is 0.337 e. The summed E-state index contributed by atoms with van der Waals surface area (Å²) in [5.41, 5.74) is 0.712. The van der Waals surface area contributed by atoms with Crippen LogP contribution in [0.25, 0.3) is 0 Å². The molecule has 1 aromatic carbocycles. The van der Waals surface area contributed by atoms with E-state index in [1.165, 1.54) is 37.8 Å². The summed E-state index contributed by atoms with van der Waals surface area (Å²) in [5.74, 6) is -0.402. The van der Waals surface area contributed by atoms with Crippen LogP contribution in [0.2, 0.25) is 0 Å². The lowest BCUT2D eigenvalue weighted by Crippen LogP contribution is -2.19. The number of hydrogen-bond donors (Lipinski definition) is 3. The zero-order chi connectivity index (χ0) is 15.3. The van der Waals surface area contributed by atoms with Gasteiger partial charge in [-0.15, -0.1) is 0 Å². The molecule has 3 rings (SSSR count). The van der Waals surface area contributed by atoms with Crippen molar-refractivity contribution >= 4 is 21.7 Å². The van der Waals surface area contributed by atoms with Gasteiger partial charge in [-0.05, 0) is 55.2 Å². The van der Waals surface area contributed by atoms with Crippen LogP contribution in [0.5, 0.6) is 0 Å². The van der Waals surface area contributed by atoms with Crippen molar-refractivity contribution in [2.45, 2.75) is 30.6 Å². The minimum absolute atomic E-state index is 0.0619. The van der Waals surface area contributed by atoms with E-state index in [1.807, 2.05) is 0 Å². The largest absolute Gasteiger partial charge is 0.478 e. The fourth-order valence-corrected chi connectivity index (χ4v) is 3.43. The molecule has 2 fully saturated rings. The summed E-state index contributed by atoms with van der Waals surface area (Å²) >= 11 is 0. The van der Waals surface area contributed by atoms with E-state index in [-0.39, 0.29) is 10.5 Å². The number of aromatic carboxylic acids is 1. The van der Waals surface area contributed by atoms with E-state index in [1.54, 1.807) is 0 Å². The van der Waals surface area contributed by atoms with Crippen LogP contribution in [-0.4, -0.2) is 26.0 Å². The number of primary sulfonamides is 1. The molecule has 0 atom stereocenters. The Morgan fingerprint density at radius 2 is 2.05 bits per heavy atom. The van der Waals surface area contributed by atoms with Gasteiger partial charge in [-0.25, -0.2) is 18.4 Å². The second-order valence-corrected chi connectivity index (χ2v) is 7.61. The number of benzene rings is 1. The van der Waals surface area contributed by atoms with E-state index in [9.17, 15) is 18.3 Å². The third-order valence-electron chi connectivity index (χ3n) is 4.52. The molecule has 1 aromatic rings. The van der Waals surface area contributed by atoms with Crippen molar-refractivity contribution in [1.82, 2.24) is 0 Å². The van der Waals surface area contributed by atoms with Gasteiger partial charge in [0, 0.05) is 12.2 Å². The number of hydrogen-bond acceptors (Lipinski definition) is 4. The Morgan fingerprint density at radius 1 is 1.38 bits per heavy atom. The quantitative estimate of drug-likeness (QED) is 0.740. The number of sulfonamides is 1. The Balaban J connectivity index is 1.82. The highest BCUT2D eigenvalue weighted by molar-refractivity contribution is 7.89. The first kappa shape index (κ1) is 14.3. The highest BCUT2D eigenvalue weighted by atomic mass is 32.2. The molecule has 0 spiro atoms. The second kappa shape index (κ2) is 4.71. The number of carboxylic acids is 1. The average Bonchev–Trinajstić information content (AvgIpc) is 3.25. The standard InChI is InChI=1S/C14H18N2O4S/c15-21(19,20)10-3-4-12(11(7-10)13(17)18)16-8-14(5-6-14)9-1-2-9/h3-4,7,9,16H,1-2,5-6,8H2,(H,17,18)(H2,15,19,20). The predicted molar refractivity (Wildman–Crippen MR) is 77.7 cm³/mol. The van der Waals surface area contributed by atoms with Crippen LogP contribution < -0.4 is 10.5 Å². The molecular formula is C14H18N2O4S. The molecule has 0 unspecified atom stereocenters. The van der Waals surface area contributed by atoms with Crippen molar-refractivity contribution in [2.24, 2.45) is 16.5 Å². The molecule has 0 aromatic heterocycles. The molecule has 114 valence electrons. The molecular weight excluding hydrogens is 292 g/mol. The van der Waals surface area contributed by atoms with Crippen molar-refractivity contribution < 1.29 is 18.3 Å². The summed E-state index contributed by atoms with van der Waals surface area (Å²) in [4.78, 5) is 11.1. The van der Waals surface area contributed by atoms with E-state index in [0.29, 0.717) is 11.1 Å². The number of nitrogens with one attached hydrogen (secondary N) is 1. The first-order valence-corrected chi connectivity index (χ1v) is 8.50. The molecule has 2 aliphatic rings. The second-order valence-electron chi connectivity index (χ2n) is 6.05. The first-order chi connectivity index (χ1) is 9.82. The minimum Gasteiger partial charge on any atom is -0.478 e. The summed E-state index contributed by atoms with van der Waals surface area (Å²) in [6, 6.07) is 3.92. The third kappa shape index (κ3) is 2.89. The van der Waals surface area contributed by atoms with Crippen LogP contribution in [0.3, 0.4) is 0 Å². The summed E-state index contributed by atoms with van der Waals surface area (Å²) in [5, 5.41) is 17.5. The van der Waals surface area contributed by atoms with Gasteiger partial charge < -0.3 is 10.4 Å². The van der Waals surface area contributed by atoms with Gasteiger partial charge in [0.2, 0.25) is 10.0 Å². The Labute approximate surface area is 123 Å². The summed E-state index contributed by atoms with van der Waals surface area (Å²) < 4.78 is 22.6. The Bertz CT molecular complexity index is 691. The number of rotatable bonds is 6. The van der Waals surface area contributed by atoms with Gasteiger partial charge in [-0.3, -0.25) is 0 Å². The zero-order valence-corrected chi connectivity index (χ0v) is 12.3. The monoisotopic (exact) mass is 310 g/mol. The molecule has 0 bridgehead atoms. The molecule has 0 saturated heterocycles. The number of anilines is 1. The highest BCUT2D eigenvalue weighted by Crippen LogP contribution is 2.61. The molecule has 0 amide bonds. The van der Waals surface area contributed by atoms with Crippen molar-refractivity contribution in [3.63, 3.8) is 0 Å². The molecule has 0 heterocycles. The van der Waals surface area contributed by atoms with Gasteiger partial charge in [0.05, 0.1) is 10.5 Å².